The van der Waals surface area contributed by atoms with Gasteiger partial charge in [0, 0.05) is 6.04 Å². The average Bonchev–Trinajstić information content (AvgIpc) is 2.42. The minimum Gasteiger partial charge on any atom is -0.494 e. The molecule has 0 heterocycles. The van der Waals surface area contributed by atoms with Gasteiger partial charge in [0.25, 0.3) is 0 Å². The summed E-state index contributed by atoms with van der Waals surface area (Å²) < 4.78 is 5.67. The van der Waals surface area contributed by atoms with E-state index in [-0.39, 0.29) is 5.41 Å². The lowest BCUT2D eigenvalue weighted by atomic mass is 9.92. The fraction of sp³-hybridized carbons (Fsp3) is 0.562. The molecule has 0 amide bonds. The Morgan fingerprint density at radius 3 is 2.42 bits per heavy atom. The lowest BCUT2D eigenvalue weighted by Crippen LogP contribution is -2.15. The Labute approximate surface area is 116 Å². The molecule has 0 saturated heterocycles. The van der Waals surface area contributed by atoms with E-state index in [0.29, 0.717) is 12.6 Å². The number of nitrogens with zero attached hydrogens (tertiary/aromatic N) is 1. The molecular weight excluding hydrogens is 236 g/mol. The molecule has 0 bridgehead atoms. The van der Waals surface area contributed by atoms with E-state index in [1.165, 1.54) is 5.56 Å². The zero-order valence-corrected chi connectivity index (χ0v) is 12.4. The third kappa shape index (κ3) is 4.92. The van der Waals surface area contributed by atoms with Crippen molar-refractivity contribution in [1.29, 1.82) is 5.26 Å². The minimum absolute atomic E-state index is 0.320. The van der Waals surface area contributed by atoms with Gasteiger partial charge in [-0.3, -0.25) is 0 Å². The van der Waals surface area contributed by atoms with Gasteiger partial charge in [-0.05, 0) is 51.4 Å². The summed E-state index contributed by atoms with van der Waals surface area (Å²) in [7, 11) is 1.97. The molecule has 0 radical (unpaired) electrons. The molecule has 0 spiro atoms. The van der Waals surface area contributed by atoms with Crippen LogP contribution in [0.2, 0.25) is 0 Å². The summed E-state index contributed by atoms with van der Waals surface area (Å²) in [6.45, 7) is 6.59. The third-order valence-electron chi connectivity index (χ3n) is 3.34. The van der Waals surface area contributed by atoms with Crippen LogP contribution >= 0.6 is 0 Å². The van der Waals surface area contributed by atoms with Crippen LogP contribution in [0.4, 0.5) is 0 Å². The maximum absolute atomic E-state index is 8.93. The van der Waals surface area contributed by atoms with Crippen LogP contribution in [-0.2, 0) is 0 Å². The highest BCUT2D eigenvalue weighted by molar-refractivity contribution is 5.29. The van der Waals surface area contributed by atoms with Crippen molar-refractivity contribution >= 4 is 0 Å². The highest BCUT2D eigenvalue weighted by Crippen LogP contribution is 2.22. The van der Waals surface area contributed by atoms with Crippen molar-refractivity contribution in [2.45, 2.75) is 39.7 Å². The first kappa shape index (κ1) is 15.5. The summed E-state index contributed by atoms with van der Waals surface area (Å²) in [4.78, 5) is 0. The number of rotatable bonds is 7. The van der Waals surface area contributed by atoms with E-state index >= 15 is 0 Å². The van der Waals surface area contributed by atoms with Crippen molar-refractivity contribution < 1.29 is 4.74 Å². The maximum Gasteiger partial charge on any atom is 0.119 e. The van der Waals surface area contributed by atoms with Crippen molar-refractivity contribution in [2.75, 3.05) is 13.7 Å². The predicted octanol–water partition coefficient (Wildman–Crippen LogP) is 3.68. The fourth-order valence-electron chi connectivity index (χ4n) is 1.88. The second-order valence-corrected chi connectivity index (χ2v) is 5.41. The lowest BCUT2D eigenvalue weighted by molar-refractivity contribution is 0.264. The first-order valence-corrected chi connectivity index (χ1v) is 6.83. The number of nitriles is 1. The highest BCUT2D eigenvalue weighted by Gasteiger charge is 2.16. The quantitative estimate of drug-likeness (QED) is 0.813. The molecular formula is C16H24N2O. The summed E-state index contributed by atoms with van der Waals surface area (Å²) in [5, 5.41) is 12.2. The van der Waals surface area contributed by atoms with Crippen LogP contribution in [0.3, 0.4) is 0 Å². The van der Waals surface area contributed by atoms with Gasteiger partial charge in [0.15, 0.2) is 0 Å². The van der Waals surface area contributed by atoms with Crippen LogP contribution in [0.25, 0.3) is 0 Å². The Kier molecular flexibility index (Phi) is 5.85. The number of hydrogen-bond acceptors (Lipinski definition) is 3. The van der Waals surface area contributed by atoms with Crippen LogP contribution < -0.4 is 10.1 Å². The Balaban J connectivity index is 2.51. The van der Waals surface area contributed by atoms with Gasteiger partial charge in [-0.1, -0.05) is 19.1 Å². The average molecular weight is 260 g/mol. The van der Waals surface area contributed by atoms with Gasteiger partial charge >= 0.3 is 0 Å². The first-order chi connectivity index (χ1) is 9.02. The fourth-order valence-corrected chi connectivity index (χ4v) is 1.88. The smallest absolute Gasteiger partial charge is 0.119 e. The molecule has 0 aliphatic carbocycles. The molecule has 0 saturated carbocycles. The normalized spacial score (nSPS) is 12.8. The number of nitrogens with one attached hydrogen (secondary N) is 1. The molecule has 1 aromatic rings. The summed E-state index contributed by atoms with van der Waals surface area (Å²) >= 11 is 0. The number of hydrogen-bond donors (Lipinski definition) is 1. The third-order valence-corrected chi connectivity index (χ3v) is 3.34. The predicted molar refractivity (Wildman–Crippen MR) is 78.0 cm³/mol. The Bertz CT molecular complexity index is 413. The van der Waals surface area contributed by atoms with Crippen molar-refractivity contribution in [3.8, 4) is 11.8 Å². The summed E-state index contributed by atoms with van der Waals surface area (Å²) in [6, 6.07) is 10.8. The van der Waals surface area contributed by atoms with E-state index < -0.39 is 0 Å². The molecule has 1 aromatic carbocycles. The number of benzene rings is 1. The van der Waals surface area contributed by atoms with Gasteiger partial charge in [0.05, 0.1) is 18.1 Å². The molecule has 0 aliphatic rings. The Morgan fingerprint density at radius 1 is 1.32 bits per heavy atom. The first-order valence-electron chi connectivity index (χ1n) is 6.83. The molecule has 3 heteroatoms. The lowest BCUT2D eigenvalue weighted by Gasteiger charge is -2.17. The molecule has 0 aromatic heterocycles. The molecule has 1 N–H and O–H groups in total. The summed E-state index contributed by atoms with van der Waals surface area (Å²) in [5.41, 5.74) is 0.953. The van der Waals surface area contributed by atoms with Gasteiger partial charge in [0.1, 0.15) is 5.75 Å². The van der Waals surface area contributed by atoms with Gasteiger partial charge in [-0.2, -0.15) is 5.26 Å². The van der Waals surface area contributed by atoms with Crippen molar-refractivity contribution in [1.82, 2.24) is 5.32 Å². The summed E-state index contributed by atoms with van der Waals surface area (Å²) in [5.74, 6) is 0.864. The van der Waals surface area contributed by atoms with Gasteiger partial charge in [0.2, 0.25) is 0 Å². The van der Waals surface area contributed by atoms with Gasteiger partial charge in [-0.15, -0.1) is 0 Å². The maximum atomic E-state index is 8.93. The zero-order valence-electron chi connectivity index (χ0n) is 12.4. The molecule has 1 unspecified atom stereocenters. The Hall–Kier alpha value is -1.53. The minimum atomic E-state index is -0.320. The van der Waals surface area contributed by atoms with E-state index in [4.69, 9.17) is 10.00 Å². The molecule has 19 heavy (non-hydrogen) atoms. The van der Waals surface area contributed by atoms with E-state index in [1.54, 1.807) is 0 Å². The molecule has 104 valence electrons. The van der Waals surface area contributed by atoms with Gasteiger partial charge < -0.3 is 10.1 Å². The second kappa shape index (κ2) is 7.16. The molecule has 0 aliphatic heterocycles. The Morgan fingerprint density at radius 2 is 1.95 bits per heavy atom. The monoisotopic (exact) mass is 260 g/mol. The van der Waals surface area contributed by atoms with Crippen LogP contribution in [0.1, 0.15) is 45.2 Å². The topological polar surface area (TPSA) is 45.0 Å². The van der Waals surface area contributed by atoms with E-state index in [0.717, 1.165) is 18.6 Å². The number of ether oxygens (including phenoxy) is 1. The van der Waals surface area contributed by atoms with Crippen molar-refractivity contribution in [3.05, 3.63) is 29.8 Å². The molecule has 0 fully saturated rings. The van der Waals surface area contributed by atoms with Crippen LogP contribution in [-0.4, -0.2) is 13.7 Å². The standard InChI is InChI=1S/C16H24N2O/c1-5-15(18-4)13-6-8-14(9-7-13)19-11-10-16(2,3)12-17/h6-9,15,18H,5,10-11H2,1-4H3. The SMILES string of the molecule is CCC(NC)c1ccc(OCCC(C)(C)C#N)cc1. The van der Waals surface area contributed by atoms with Crippen LogP contribution in [0.15, 0.2) is 24.3 Å². The van der Waals surface area contributed by atoms with Crippen molar-refractivity contribution in [2.24, 2.45) is 5.41 Å². The van der Waals surface area contributed by atoms with E-state index in [2.05, 4.69) is 30.4 Å². The van der Waals surface area contributed by atoms with E-state index in [1.807, 2.05) is 33.0 Å². The van der Waals surface area contributed by atoms with E-state index in [9.17, 15) is 0 Å². The molecule has 1 rings (SSSR count). The molecule has 3 nitrogen and oxygen atoms in total. The van der Waals surface area contributed by atoms with Crippen LogP contribution in [0, 0.1) is 16.7 Å². The molecule has 1 atom stereocenters. The zero-order chi connectivity index (χ0) is 14.3. The van der Waals surface area contributed by atoms with Crippen LogP contribution in [0.5, 0.6) is 5.75 Å². The second-order valence-electron chi connectivity index (χ2n) is 5.41. The highest BCUT2D eigenvalue weighted by atomic mass is 16.5. The van der Waals surface area contributed by atoms with Gasteiger partial charge in [-0.25, -0.2) is 0 Å². The van der Waals surface area contributed by atoms with Crippen molar-refractivity contribution in [3.63, 3.8) is 0 Å². The largest absolute Gasteiger partial charge is 0.494 e. The summed E-state index contributed by atoms with van der Waals surface area (Å²) in [6.07, 6.45) is 1.80.